The van der Waals surface area contributed by atoms with E-state index in [2.05, 4.69) is 10.6 Å². The molecule has 5 nitrogen and oxygen atoms in total. The van der Waals surface area contributed by atoms with Crippen LogP contribution in [0.4, 0.5) is 5.69 Å². The lowest BCUT2D eigenvalue weighted by molar-refractivity contribution is -0.112. The molecule has 0 radical (unpaired) electrons. The van der Waals surface area contributed by atoms with Crippen LogP contribution >= 0.6 is 0 Å². The van der Waals surface area contributed by atoms with Crippen LogP contribution in [-0.2, 0) is 4.79 Å². The summed E-state index contributed by atoms with van der Waals surface area (Å²) in [6.07, 6.45) is 1.93. The standard InChI is InChI=1S/C15H19N3O2/c1-11-5-3-6-14(12(11)2)18-15(20)13(9-16)10-17-7-4-8-19/h3,5-6,10,17,19H,4,7-8H2,1-2H3,(H,18,20)/b13-10-. The minimum Gasteiger partial charge on any atom is -0.396 e. The molecule has 0 aliphatic rings. The number of hydrogen-bond donors (Lipinski definition) is 3. The van der Waals surface area contributed by atoms with Gasteiger partial charge in [0.05, 0.1) is 0 Å². The molecular formula is C15H19N3O2. The Hall–Kier alpha value is -2.32. The number of aliphatic hydroxyl groups is 1. The fraction of sp³-hybridized carbons (Fsp3) is 0.333. The molecule has 5 heteroatoms. The molecule has 1 amide bonds. The first-order valence-electron chi connectivity index (χ1n) is 6.42. The van der Waals surface area contributed by atoms with Crippen molar-refractivity contribution in [1.82, 2.24) is 5.32 Å². The third kappa shape index (κ3) is 4.41. The highest BCUT2D eigenvalue weighted by Crippen LogP contribution is 2.18. The summed E-state index contributed by atoms with van der Waals surface area (Å²) in [6.45, 7) is 4.46. The number of aryl methyl sites for hydroxylation is 1. The lowest BCUT2D eigenvalue weighted by Crippen LogP contribution is -2.18. The molecule has 0 unspecified atom stereocenters. The summed E-state index contributed by atoms with van der Waals surface area (Å²) in [4.78, 5) is 12.0. The number of anilines is 1. The summed E-state index contributed by atoms with van der Waals surface area (Å²) in [5, 5.41) is 23.2. The number of carbonyl (C=O) groups is 1. The van der Waals surface area contributed by atoms with Crippen molar-refractivity contribution < 1.29 is 9.90 Å². The van der Waals surface area contributed by atoms with Crippen LogP contribution in [0.1, 0.15) is 17.5 Å². The zero-order chi connectivity index (χ0) is 15.0. The molecule has 0 atom stereocenters. The number of nitriles is 1. The molecule has 0 heterocycles. The zero-order valence-corrected chi connectivity index (χ0v) is 11.7. The van der Waals surface area contributed by atoms with Gasteiger partial charge in [-0.1, -0.05) is 12.1 Å². The van der Waals surface area contributed by atoms with E-state index in [0.29, 0.717) is 18.7 Å². The van der Waals surface area contributed by atoms with Gasteiger partial charge in [0.1, 0.15) is 11.6 Å². The fourth-order valence-electron chi connectivity index (χ4n) is 1.58. The average Bonchev–Trinajstić information content (AvgIpc) is 2.44. The lowest BCUT2D eigenvalue weighted by Gasteiger charge is -2.09. The molecule has 1 aromatic rings. The number of hydrogen-bond acceptors (Lipinski definition) is 4. The topological polar surface area (TPSA) is 85.2 Å². The van der Waals surface area contributed by atoms with Crippen molar-refractivity contribution in [2.45, 2.75) is 20.3 Å². The molecule has 0 aliphatic carbocycles. The van der Waals surface area contributed by atoms with Crippen molar-refractivity contribution in [1.29, 1.82) is 5.26 Å². The van der Waals surface area contributed by atoms with Gasteiger partial charge >= 0.3 is 0 Å². The SMILES string of the molecule is Cc1cccc(NC(=O)/C(C#N)=C\NCCCO)c1C. The van der Waals surface area contributed by atoms with E-state index in [1.165, 1.54) is 6.20 Å². The van der Waals surface area contributed by atoms with Crippen LogP contribution < -0.4 is 10.6 Å². The number of nitrogens with zero attached hydrogens (tertiary/aromatic N) is 1. The molecule has 0 aromatic heterocycles. The Bertz CT molecular complexity index is 545. The van der Waals surface area contributed by atoms with Gasteiger partial charge in [-0.15, -0.1) is 0 Å². The smallest absolute Gasteiger partial charge is 0.267 e. The van der Waals surface area contributed by atoms with Crippen LogP contribution in [-0.4, -0.2) is 24.2 Å². The van der Waals surface area contributed by atoms with Gasteiger partial charge < -0.3 is 15.7 Å². The lowest BCUT2D eigenvalue weighted by atomic mass is 10.1. The number of benzene rings is 1. The van der Waals surface area contributed by atoms with E-state index >= 15 is 0 Å². The summed E-state index contributed by atoms with van der Waals surface area (Å²) >= 11 is 0. The van der Waals surface area contributed by atoms with Crippen LogP contribution in [0.25, 0.3) is 0 Å². The Morgan fingerprint density at radius 3 is 2.85 bits per heavy atom. The van der Waals surface area contributed by atoms with Crippen molar-refractivity contribution in [3.8, 4) is 6.07 Å². The maximum absolute atomic E-state index is 12.0. The van der Waals surface area contributed by atoms with Crippen molar-refractivity contribution in [2.24, 2.45) is 0 Å². The highest BCUT2D eigenvalue weighted by atomic mass is 16.3. The normalized spacial score (nSPS) is 10.8. The van der Waals surface area contributed by atoms with Gasteiger partial charge in [0.2, 0.25) is 0 Å². The van der Waals surface area contributed by atoms with E-state index in [-0.39, 0.29) is 12.2 Å². The third-order valence-electron chi connectivity index (χ3n) is 2.94. The maximum Gasteiger partial charge on any atom is 0.267 e. The van der Waals surface area contributed by atoms with Crippen molar-refractivity contribution in [2.75, 3.05) is 18.5 Å². The minimum atomic E-state index is -0.447. The molecule has 20 heavy (non-hydrogen) atoms. The van der Waals surface area contributed by atoms with E-state index in [9.17, 15) is 4.79 Å². The molecule has 0 saturated heterocycles. The van der Waals surface area contributed by atoms with Gasteiger partial charge in [-0.05, 0) is 37.5 Å². The van der Waals surface area contributed by atoms with Crippen LogP contribution in [0.2, 0.25) is 0 Å². The van der Waals surface area contributed by atoms with Crippen molar-refractivity contribution in [3.63, 3.8) is 0 Å². The first kappa shape index (κ1) is 15.7. The highest BCUT2D eigenvalue weighted by Gasteiger charge is 2.10. The van der Waals surface area contributed by atoms with Gasteiger partial charge in [0.25, 0.3) is 5.91 Å². The first-order chi connectivity index (χ1) is 9.60. The van der Waals surface area contributed by atoms with E-state index in [4.69, 9.17) is 10.4 Å². The Balaban J connectivity index is 2.73. The first-order valence-corrected chi connectivity index (χ1v) is 6.42. The third-order valence-corrected chi connectivity index (χ3v) is 2.94. The van der Waals surface area contributed by atoms with Gasteiger partial charge in [0.15, 0.2) is 0 Å². The van der Waals surface area contributed by atoms with Gasteiger partial charge in [0, 0.05) is 25.0 Å². The summed E-state index contributed by atoms with van der Waals surface area (Å²) in [7, 11) is 0. The monoisotopic (exact) mass is 273 g/mol. The quantitative estimate of drug-likeness (QED) is 0.418. The van der Waals surface area contributed by atoms with Gasteiger partial charge in [-0.3, -0.25) is 4.79 Å². The highest BCUT2D eigenvalue weighted by molar-refractivity contribution is 6.06. The average molecular weight is 273 g/mol. The Kier molecular flexibility index (Phi) is 6.27. The molecule has 0 spiro atoms. The summed E-state index contributed by atoms with van der Waals surface area (Å²) in [6, 6.07) is 7.47. The molecule has 0 aliphatic heterocycles. The van der Waals surface area contributed by atoms with Gasteiger partial charge in [-0.2, -0.15) is 5.26 Å². The number of carbonyl (C=O) groups excluding carboxylic acids is 1. The Labute approximate surface area is 118 Å². The second-order valence-corrected chi connectivity index (χ2v) is 4.40. The second kappa shape index (κ2) is 7.97. The summed E-state index contributed by atoms with van der Waals surface area (Å²) in [5.74, 6) is -0.447. The molecule has 3 N–H and O–H groups in total. The number of amides is 1. The summed E-state index contributed by atoms with van der Waals surface area (Å²) < 4.78 is 0. The van der Waals surface area contributed by atoms with Crippen LogP contribution in [0.15, 0.2) is 30.0 Å². The maximum atomic E-state index is 12.0. The van der Waals surface area contributed by atoms with Crippen molar-refractivity contribution >= 4 is 11.6 Å². The van der Waals surface area contributed by atoms with E-state index in [0.717, 1.165) is 11.1 Å². The van der Waals surface area contributed by atoms with E-state index in [1.807, 2.05) is 32.0 Å². The summed E-state index contributed by atoms with van der Waals surface area (Å²) in [5.41, 5.74) is 2.76. The largest absolute Gasteiger partial charge is 0.396 e. The molecule has 0 bridgehead atoms. The van der Waals surface area contributed by atoms with E-state index in [1.54, 1.807) is 6.07 Å². The molecule has 0 saturated carbocycles. The molecular weight excluding hydrogens is 254 g/mol. The molecule has 0 fully saturated rings. The number of rotatable bonds is 6. The number of aliphatic hydroxyl groups excluding tert-OH is 1. The van der Waals surface area contributed by atoms with Crippen LogP contribution in [0.5, 0.6) is 0 Å². The van der Waals surface area contributed by atoms with Crippen LogP contribution in [0, 0.1) is 25.2 Å². The van der Waals surface area contributed by atoms with E-state index < -0.39 is 5.91 Å². The zero-order valence-electron chi connectivity index (χ0n) is 11.7. The van der Waals surface area contributed by atoms with Crippen LogP contribution in [0.3, 0.4) is 0 Å². The van der Waals surface area contributed by atoms with Gasteiger partial charge in [-0.25, -0.2) is 0 Å². The van der Waals surface area contributed by atoms with Crippen molar-refractivity contribution in [3.05, 3.63) is 41.1 Å². The number of nitrogens with one attached hydrogen (secondary N) is 2. The fourth-order valence-corrected chi connectivity index (χ4v) is 1.58. The second-order valence-electron chi connectivity index (χ2n) is 4.40. The molecule has 1 aromatic carbocycles. The predicted molar refractivity (Wildman–Crippen MR) is 77.9 cm³/mol. The predicted octanol–water partition coefficient (Wildman–Crippen LogP) is 1.62. The Morgan fingerprint density at radius 2 is 2.20 bits per heavy atom. The Morgan fingerprint density at radius 1 is 1.45 bits per heavy atom. The molecule has 106 valence electrons. The molecule has 1 rings (SSSR count). The minimum absolute atomic E-state index is 0.00356.